The second kappa shape index (κ2) is 9.54. The van der Waals surface area contributed by atoms with Gasteiger partial charge in [-0.25, -0.2) is 9.59 Å². The van der Waals surface area contributed by atoms with Crippen LogP contribution in [0.3, 0.4) is 0 Å². The van der Waals surface area contributed by atoms with Gasteiger partial charge in [-0.05, 0) is 39.2 Å². The lowest BCUT2D eigenvalue weighted by atomic mass is 10.2. The van der Waals surface area contributed by atoms with Crippen LogP contribution < -0.4 is 5.32 Å². The molecule has 8 heteroatoms. The molecule has 2 atom stereocenters. The quantitative estimate of drug-likeness (QED) is 0.713. The first-order valence-corrected chi connectivity index (χ1v) is 9.32. The average molecular weight is 392 g/mol. The van der Waals surface area contributed by atoms with E-state index in [0.29, 0.717) is 19.4 Å². The van der Waals surface area contributed by atoms with E-state index in [-0.39, 0.29) is 6.61 Å². The largest absolute Gasteiger partial charge is 0.459 e. The highest BCUT2D eigenvalue weighted by Gasteiger charge is 2.38. The summed E-state index contributed by atoms with van der Waals surface area (Å²) in [5.41, 5.74) is 0.122. The summed E-state index contributed by atoms with van der Waals surface area (Å²) in [5, 5.41) is 11.9. The van der Waals surface area contributed by atoms with E-state index in [9.17, 15) is 19.5 Å². The highest BCUT2D eigenvalue weighted by atomic mass is 16.6. The number of ether oxygens (including phenoxy) is 2. The molecule has 2 amide bonds. The molecule has 1 fully saturated rings. The number of carbonyl (C=O) groups excluding carboxylic acids is 3. The fourth-order valence-corrected chi connectivity index (χ4v) is 2.94. The monoisotopic (exact) mass is 392 g/mol. The average Bonchev–Trinajstić information content (AvgIpc) is 3.13. The molecule has 0 aliphatic carbocycles. The van der Waals surface area contributed by atoms with E-state index in [1.807, 2.05) is 30.3 Å². The topological polar surface area (TPSA) is 105 Å². The van der Waals surface area contributed by atoms with Crippen molar-refractivity contribution in [1.82, 2.24) is 10.2 Å². The van der Waals surface area contributed by atoms with Crippen molar-refractivity contribution in [3.63, 3.8) is 0 Å². The first-order valence-electron chi connectivity index (χ1n) is 9.32. The molecule has 0 unspecified atom stereocenters. The lowest BCUT2D eigenvalue weighted by Crippen LogP contribution is -2.54. The van der Waals surface area contributed by atoms with Crippen LogP contribution in [0.25, 0.3) is 0 Å². The SMILES string of the molecule is CC(C)(C)OC(=O)N[C@@H](CO)C(=O)N1CCC[C@H]1C(=O)OCc1ccccc1. The van der Waals surface area contributed by atoms with Gasteiger partial charge in [-0.3, -0.25) is 4.79 Å². The van der Waals surface area contributed by atoms with Crippen LogP contribution in [-0.2, 0) is 25.7 Å². The standard InChI is InChI=1S/C20H28N2O6/c1-20(2,3)28-19(26)21-15(12-23)17(24)22-11-7-10-16(22)18(25)27-13-14-8-5-4-6-9-14/h4-6,8-9,15-16,23H,7,10-13H2,1-3H3,(H,21,26)/t15-,16-/m0/s1. The molecule has 1 aromatic rings. The normalized spacial score (nSPS) is 17.7. The molecule has 0 bridgehead atoms. The molecule has 8 nitrogen and oxygen atoms in total. The van der Waals surface area contributed by atoms with Gasteiger partial charge >= 0.3 is 12.1 Å². The van der Waals surface area contributed by atoms with Gasteiger partial charge in [0.05, 0.1) is 6.61 Å². The molecule has 0 aromatic heterocycles. The van der Waals surface area contributed by atoms with E-state index < -0.39 is 42.3 Å². The Morgan fingerprint density at radius 3 is 2.54 bits per heavy atom. The van der Waals surface area contributed by atoms with Gasteiger partial charge in [-0.1, -0.05) is 30.3 Å². The number of nitrogens with one attached hydrogen (secondary N) is 1. The fraction of sp³-hybridized carbons (Fsp3) is 0.550. The van der Waals surface area contributed by atoms with E-state index in [1.54, 1.807) is 20.8 Å². The Balaban J connectivity index is 1.96. The van der Waals surface area contributed by atoms with Gasteiger partial charge in [0.15, 0.2) is 0 Å². The first kappa shape index (κ1) is 21.7. The van der Waals surface area contributed by atoms with E-state index >= 15 is 0 Å². The predicted molar refractivity (Wildman–Crippen MR) is 101 cm³/mol. The molecule has 0 spiro atoms. The third-order valence-electron chi connectivity index (χ3n) is 4.20. The number of aliphatic hydroxyl groups excluding tert-OH is 1. The summed E-state index contributed by atoms with van der Waals surface area (Å²) in [7, 11) is 0. The number of likely N-dealkylation sites (tertiary alicyclic amines) is 1. The molecule has 1 aliphatic heterocycles. The lowest BCUT2D eigenvalue weighted by Gasteiger charge is -2.28. The Morgan fingerprint density at radius 2 is 1.93 bits per heavy atom. The van der Waals surface area contributed by atoms with Crippen LogP contribution in [0.2, 0.25) is 0 Å². The summed E-state index contributed by atoms with van der Waals surface area (Å²) in [6, 6.07) is 7.35. The number of amides is 2. The molecule has 0 radical (unpaired) electrons. The lowest BCUT2D eigenvalue weighted by molar-refractivity contribution is -0.155. The molecule has 1 saturated heterocycles. The van der Waals surface area contributed by atoms with E-state index in [0.717, 1.165) is 5.56 Å². The van der Waals surface area contributed by atoms with E-state index in [4.69, 9.17) is 9.47 Å². The van der Waals surface area contributed by atoms with Gasteiger partial charge in [0.1, 0.15) is 24.3 Å². The van der Waals surface area contributed by atoms with Crippen molar-refractivity contribution in [3.8, 4) is 0 Å². The Hall–Kier alpha value is -2.61. The van der Waals surface area contributed by atoms with Crippen LogP contribution in [0.15, 0.2) is 30.3 Å². The van der Waals surface area contributed by atoms with E-state index in [2.05, 4.69) is 5.32 Å². The van der Waals surface area contributed by atoms with Crippen LogP contribution in [0.1, 0.15) is 39.2 Å². The summed E-state index contributed by atoms with van der Waals surface area (Å²) in [6.07, 6.45) is 0.313. The van der Waals surface area contributed by atoms with Gasteiger partial charge in [-0.2, -0.15) is 0 Å². The number of benzene rings is 1. The van der Waals surface area contributed by atoms with Crippen molar-refractivity contribution in [2.75, 3.05) is 13.2 Å². The van der Waals surface area contributed by atoms with Crippen LogP contribution in [0, 0.1) is 0 Å². The second-order valence-corrected chi connectivity index (χ2v) is 7.66. The minimum atomic E-state index is -1.18. The maximum Gasteiger partial charge on any atom is 0.408 e. The van der Waals surface area contributed by atoms with Crippen molar-refractivity contribution in [2.45, 2.75) is 57.9 Å². The Labute approximate surface area is 164 Å². The molecular weight excluding hydrogens is 364 g/mol. The third-order valence-corrected chi connectivity index (χ3v) is 4.20. The summed E-state index contributed by atoms with van der Waals surface area (Å²) in [4.78, 5) is 38.5. The summed E-state index contributed by atoms with van der Waals surface area (Å²) in [6.45, 7) is 4.97. The molecule has 2 rings (SSSR count). The van der Waals surface area contributed by atoms with Crippen molar-refractivity contribution in [3.05, 3.63) is 35.9 Å². The van der Waals surface area contributed by atoms with Crippen LogP contribution in [0.4, 0.5) is 4.79 Å². The maximum atomic E-state index is 12.8. The highest BCUT2D eigenvalue weighted by Crippen LogP contribution is 2.20. The number of hydrogen-bond donors (Lipinski definition) is 2. The molecule has 0 saturated carbocycles. The number of hydrogen-bond acceptors (Lipinski definition) is 6. The summed E-state index contributed by atoms with van der Waals surface area (Å²) in [5.74, 6) is -1.03. The van der Waals surface area contributed by atoms with Crippen molar-refractivity contribution in [2.24, 2.45) is 0 Å². The zero-order valence-electron chi connectivity index (χ0n) is 16.5. The van der Waals surface area contributed by atoms with Crippen LogP contribution in [0.5, 0.6) is 0 Å². The molecule has 1 heterocycles. The van der Waals surface area contributed by atoms with Gasteiger partial charge in [0, 0.05) is 6.54 Å². The number of esters is 1. The van der Waals surface area contributed by atoms with Gasteiger partial charge in [0.2, 0.25) is 5.91 Å². The van der Waals surface area contributed by atoms with Crippen molar-refractivity contribution >= 4 is 18.0 Å². The summed E-state index contributed by atoms with van der Waals surface area (Å²) < 4.78 is 10.5. The molecule has 1 aliphatic rings. The number of nitrogens with zero attached hydrogens (tertiary/aromatic N) is 1. The zero-order valence-corrected chi connectivity index (χ0v) is 16.5. The number of carbonyl (C=O) groups is 3. The Morgan fingerprint density at radius 1 is 1.25 bits per heavy atom. The first-order chi connectivity index (χ1) is 13.2. The number of rotatable bonds is 6. The van der Waals surface area contributed by atoms with Crippen LogP contribution in [-0.4, -0.2) is 58.8 Å². The Kier molecular flexibility index (Phi) is 7.39. The van der Waals surface area contributed by atoms with Crippen molar-refractivity contribution < 1.29 is 29.0 Å². The van der Waals surface area contributed by atoms with Crippen LogP contribution >= 0.6 is 0 Å². The van der Waals surface area contributed by atoms with Gasteiger partial charge in [0.25, 0.3) is 0 Å². The van der Waals surface area contributed by atoms with Crippen molar-refractivity contribution in [1.29, 1.82) is 0 Å². The zero-order chi connectivity index (χ0) is 20.7. The second-order valence-electron chi connectivity index (χ2n) is 7.66. The minimum Gasteiger partial charge on any atom is -0.459 e. The molecule has 2 N–H and O–H groups in total. The fourth-order valence-electron chi connectivity index (χ4n) is 2.94. The summed E-state index contributed by atoms with van der Waals surface area (Å²) >= 11 is 0. The van der Waals surface area contributed by atoms with E-state index in [1.165, 1.54) is 4.90 Å². The minimum absolute atomic E-state index is 0.123. The maximum absolute atomic E-state index is 12.8. The molecule has 28 heavy (non-hydrogen) atoms. The Bertz CT molecular complexity index is 686. The number of alkyl carbamates (subject to hydrolysis) is 1. The molecular formula is C20H28N2O6. The molecule has 1 aromatic carbocycles. The third kappa shape index (κ3) is 6.23. The highest BCUT2D eigenvalue weighted by molar-refractivity contribution is 5.90. The van der Waals surface area contributed by atoms with Gasteiger partial charge in [-0.15, -0.1) is 0 Å². The molecule has 154 valence electrons. The smallest absolute Gasteiger partial charge is 0.408 e. The number of aliphatic hydroxyl groups is 1. The van der Waals surface area contributed by atoms with Gasteiger partial charge < -0.3 is 24.8 Å². The predicted octanol–water partition coefficient (Wildman–Crippen LogP) is 1.61.